The van der Waals surface area contributed by atoms with Crippen LogP contribution in [0.1, 0.15) is 41.7 Å². The lowest BCUT2D eigenvalue weighted by molar-refractivity contribution is -0.120. The Morgan fingerprint density at radius 2 is 2.03 bits per heavy atom. The molecule has 2 aromatic heterocycles. The number of anilines is 1. The summed E-state index contributed by atoms with van der Waals surface area (Å²) in [6, 6.07) is 11.7. The molecule has 1 amide bonds. The first-order chi connectivity index (χ1) is 15.9. The molecule has 1 aliphatic heterocycles. The summed E-state index contributed by atoms with van der Waals surface area (Å²) in [5.41, 5.74) is 2.26. The minimum absolute atomic E-state index is 0.0685. The second kappa shape index (κ2) is 10.0. The maximum Gasteiger partial charge on any atom is 0.248 e. The summed E-state index contributed by atoms with van der Waals surface area (Å²) >= 11 is 1.55. The highest BCUT2D eigenvalue weighted by Gasteiger charge is 2.35. The Morgan fingerprint density at radius 1 is 1.24 bits per heavy atom. The third-order valence-corrected chi connectivity index (χ3v) is 8.70. The average Bonchev–Trinajstić information content (AvgIpc) is 3.47. The molecule has 0 atom stereocenters. The largest absolute Gasteiger partial charge is 0.355 e. The number of carbonyl (C=O) groups is 1. The van der Waals surface area contributed by atoms with E-state index in [9.17, 15) is 13.2 Å². The first-order valence-electron chi connectivity index (χ1n) is 11.0. The molecule has 33 heavy (non-hydrogen) atoms. The summed E-state index contributed by atoms with van der Waals surface area (Å²) in [4.78, 5) is 13.8. The van der Waals surface area contributed by atoms with Crippen LogP contribution in [0.5, 0.6) is 0 Å². The van der Waals surface area contributed by atoms with E-state index in [2.05, 4.69) is 17.4 Å². The first kappa shape index (κ1) is 23.4. The number of nitrogens with zero attached hydrogens (tertiary/aromatic N) is 2. The van der Waals surface area contributed by atoms with Crippen LogP contribution in [0.15, 0.2) is 51.2 Å². The number of benzene rings is 1. The van der Waals surface area contributed by atoms with Crippen molar-refractivity contribution in [3.8, 4) is 0 Å². The second-order valence-electron chi connectivity index (χ2n) is 8.03. The smallest absolute Gasteiger partial charge is 0.248 e. The van der Waals surface area contributed by atoms with Crippen LogP contribution in [0.4, 0.5) is 5.69 Å². The Bertz CT molecular complexity index is 1240. The molecule has 174 valence electrons. The van der Waals surface area contributed by atoms with Crippen molar-refractivity contribution in [1.29, 1.82) is 0 Å². The molecule has 1 aliphatic rings. The van der Waals surface area contributed by atoms with Crippen molar-refractivity contribution in [2.45, 2.75) is 38.0 Å². The summed E-state index contributed by atoms with van der Waals surface area (Å²) in [5.74, 6) is -0.0823. The van der Waals surface area contributed by atoms with Crippen LogP contribution in [0.25, 0.3) is 12.2 Å². The van der Waals surface area contributed by atoms with Crippen molar-refractivity contribution in [3.05, 3.63) is 63.7 Å². The quantitative estimate of drug-likeness (QED) is 0.518. The van der Waals surface area contributed by atoms with Crippen LogP contribution in [0, 0.1) is 12.8 Å². The number of thiophene rings is 1. The molecule has 0 unspecified atom stereocenters. The van der Waals surface area contributed by atoms with Crippen molar-refractivity contribution < 1.29 is 17.7 Å². The van der Waals surface area contributed by atoms with Crippen LogP contribution < -0.4 is 5.32 Å². The highest BCUT2D eigenvalue weighted by Crippen LogP contribution is 2.30. The lowest BCUT2D eigenvalue weighted by Crippen LogP contribution is -2.41. The van der Waals surface area contributed by atoms with E-state index in [0.29, 0.717) is 18.5 Å². The molecule has 3 heterocycles. The number of aryl methyl sites for hydroxylation is 2. The minimum atomic E-state index is -3.79. The van der Waals surface area contributed by atoms with Crippen molar-refractivity contribution in [3.63, 3.8) is 0 Å². The van der Waals surface area contributed by atoms with Gasteiger partial charge in [-0.3, -0.25) is 4.79 Å². The number of rotatable bonds is 7. The van der Waals surface area contributed by atoms with Gasteiger partial charge < -0.3 is 9.84 Å². The maximum absolute atomic E-state index is 13.4. The van der Waals surface area contributed by atoms with Gasteiger partial charge in [-0.1, -0.05) is 30.3 Å². The Kier molecular flexibility index (Phi) is 7.11. The minimum Gasteiger partial charge on any atom is -0.355 e. The zero-order valence-corrected chi connectivity index (χ0v) is 20.3. The fourth-order valence-corrected chi connectivity index (χ4v) is 6.28. The number of carbonyl (C=O) groups excluding carboxylic acids is 1. The molecule has 9 heteroatoms. The van der Waals surface area contributed by atoms with Gasteiger partial charge in [-0.05, 0) is 67.5 Å². The van der Waals surface area contributed by atoms with Crippen molar-refractivity contribution >= 4 is 45.1 Å². The number of piperidine rings is 1. The molecule has 0 bridgehead atoms. The lowest BCUT2D eigenvalue weighted by Gasteiger charge is -2.30. The summed E-state index contributed by atoms with van der Waals surface area (Å²) in [6.45, 7) is 4.24. The van der Waals surface area contributed by atoms with E-state index in [0.717, 1.165) is 22.5 Å². The van der Waals surface area contributed by atoms with E-state index in [-0.39, 0.29) is 35.6 Å². The van der Waals surface area contributed by atoms with Gasteiger partial charge >= 0.3 is 0 Å². The zero-order chi connectivity index (χ0) is 23.4. The van der Waals surface area contributed by atoms with Crippen LogP contribution in [0.3, 0.4) is 0 Å². The standard InChI is InChI=1S/C24H27N3O4S2/c1-3-18-6-4-7-20(16-18)25-24(28)19-11-13-27(14-12-19)33(29,30)23-17(2)26-31-22(23)10-9-21-8-5-15-32-21/h4-10,15-16,19H,3,11-14H2,1-2H3,(H,25,28)/b10-9+. The van der Waals surface area contributed by atoms with E-state index in [1.54, 1.807) is 24.3 Å². The monoisotopic (exact) mass is 485 g/mol. The van der Waals surface area contributed by atoms with Gasteiger partial charge in [0.2, 0.25) is 15.9 Å². The summed E-state index contributed by atoms with van der Waals surface area (Å²) in [5, 5.41) is 8.81. The normalized spacial score (nSPS) is 15.8. The molecular weight excluding hydrogens is 458 g/mol. The molecule has 4 rings (SSSR count). The summed E-state index contributed by atoms with van der Waals surface area (Å²) < 4.78 is 33.5. The predicted molar refractivity (Wildman–Crippen MR) is 130 cm³/mol. The highest BCUT2D eigenvalue weighted by atomic mass is 32.2. The molecule has 1 aromatic carbocycles. The van der Waals surface area contributed by atoms with E-state index in [4.69, 9.17) is 4.52 Å². The third kappa shape index (κ3) is 5.26. The summed E-state index contributed by atoms with van der Waals surface area (Å²) in [7, 11) is -3.79. The molecule has 7 nitrogen and oxygen atoms in total. The number of aromatic nitrogens is 1. The maximum atomic E-state index is 13.4. The van der Waals surface area contributed by atoms with Crippen molar-refractivity contribution in [2.24, 2.45) is 5.92 Å². The fourth-order valence-electron chi connectivity index (χ4n) is 3.94. The van der Waals surface area contributed by atoms with Gasteiger partial charge in [0.05, 0.1) is 0 Å². The van der Waals surface area contributed by atoms with Crippen LogP contribution >= 0.6 is 11.3 Å². The van der Waals surface area contributed by atoms with Gasteiger partial charge in [0, 0.05) is 29.6 Å². The van der Waals surface area contributed by atoms with Crippen LogP contribution in [-0.2, 0) is 21.2 Å². The van der Waals surface area contributed by atoms with E-state index in [1.165, 1.54) is 4.31 Å². The Morgan fingerprint density at radius 3 is 2.73 bits per heavy atom. The van der Waals surface area contributed by atoms with E-state index in [1.807, 2.05) is 47.9 Å². The lowest BCUT2D eigenvalue weighted by atomic mass is 9.97. The number of hydrogen-bond acceptors (Lipinski definition) is 6. The van der Waals surface area contributed by atoms with Gasteiger partial charge in [0.25, 0.3) is 0 Å². The number of hydrogen-bond donors (Lipinski definition) is 1. The predicted octanol–water partition coefficient (Wildman–Crippen LogP) is 4.82. The third-order valence-electron chi connectivity index (χ3n) is 5.80. The van der Waals surface area contributed by atoms with Gasteiger partial charge in [0.1, 0.15) is 5.69 Å². The van der Waals surface area contributed by atoms with Gasteiger partial charge in [-0.25, -0.2) is 8.42 Å². The Labute approximate surface area is 198 Å². The van der Waals surface area contributed by atoms with Crippen LogP contribution in [-0.4, -0.2) is 36.9 Å². The molecule has 0 aliphatic carbocycles. The average molecular weight is 486 g/mol. The van der Waals surface area contributed by atoms with Crippen molar-refractivity contribution in [1.82, 2.24) is 9.46 Å². The van der Waals surface area contributed by atoms with Gasteiger partial charge in [-0.15, -0.1) is 11.3 Å². The molecule has 0 spiro atoms. The van der Waals surface area contributed by atoms with Crippen LogP contribution in [0.2, 0.25) is 0 Å². The number of nitrogens with one attached hydrogen (secondary N) is 1. The molecule has 3 aromatic rings. The molecule has 0 radical (unpaired) electrons. The SMILES string of the molecule is CCc1cccc(NC(=O)C2CCN(S(=O)(=O)c3c(C)noc3/C=C/c3cccs3)CC2)c1. The Balaban J connectivity index is 1.43. The molecule has 1 saturated heterocycles. The van der Waals surface area contributed by atoms with E-state index < -0.39 is 10.0 Å². The van der Waals surface area contributed by atoms with Crippen molar-refractivity contribution in [2.75, 3.05) is 18.4 Å². The zero-order valence-electron chi connectivity index (χ0n) is 18.7. The Hall–Kier alpha value is -2.75. The first-order valence-corrected chi connectivity index (χ1v) is 13.3. The highest BCUT2D eigenvalue weighted by molar-refractivity contribution is 7.89. The summed E-state index contributed by atoms with van der Waals surface area (Å²) in [6.07, 6.45) is 5.27. The number of amides is 1. The fraction of sp³-hybridized carbons (Fsp3) is 0.333. The van der Waals surface area contributed by atoms with E-state index >= 15 is 0 Å². The topological polar surface area (TPSA) is 92.5 Å². The number of sulfonamides is 1. The van der Waals surface area contributed by atoms with Gasteiger partial charge in [0.15, 0.2) is 10.7 Å². The molecule has 1 N–H and O–H groups in total. The second-order valence-corrected chi connectivity index (χ2v) is 10.9. The van der Waals surface area contributed by atoms with Gasteiger partial charge in [-0.2, -0.15) is 4.31 Å². The molecule has 1 fully saturated rings. The molecular formula is C24H27N3O4S2. The molecule has 0 saturated carbocycles.